The number of nitrogens with zero attached hydrogens (tertiary/aromatic N) is 3. The van der Waals surface area contributed by atoms with E-state index in [9.17, 15) is 19.2 Å². The normalized spacial score (nSPS) is 26.5. The largest absolute Gasteiger partial charge is 0.495 e. The molecule has 2 saturated heterocycles. The molecule has 0 saturated carbocycles. The van der Waals surface area contributed by atoms with E-state index in [1.807, 2.05) is 37.3 Å². The zero-order valence-electron chi connectivity index (χ0n) is 33.1. The maximum atomic E-state index is 14.1. The number of nitrogens with two attached hydrogens (primary N) is 1. The van der Waals surface area contributed by atoms with Gasteiger partial charge in [0.1, 0.15) is 35.1 Å². The summed E-state index contributed by atoms with van der Waals surface area (Å²) >= 11 is 6.77. The molecule has 3 aliphatic rings. The third-order valence-corrected chi connectivity index (χ3v) is 10.8. The number of methoxy groups -OCH3 is 2. The van der Waals surface area contributed by atoms with E-state index in [1.54, 1.807) is 27.1 Å². The van der Waals surface area contributed by atoms with Crippen LogP contribution < -0.4 is 20.7 Å². The maximum Gasteiger partial charge on any atom is 0.407 e. The second-order valence-electron chi connectivity index (χ2n) is 14.4. The summed E-state index contributed by atoms with van der Waals surface area (Å²) in [6, 6.07) is 6.30. The van der Waals surface area contributed by atoms with Crippen molar-refractivity contribution in [3.63, 3.8) is 0 Å². The molecule has 3 heterocycles. The second kappa shape index (κ2) is 18.2. The van der Waals surface area contributed by atoms with Crippen molar-refractivity contribution in [3.8, 4) is 5.75 Å². The molecule has 6 atom stereocenters. The van der Waals surface area contributed by atoms with Crippen LogP contribution in [0.4, 0.5) is 21.9 Å². The van der Waals surface area contributed by atoms with E-state index in [4.69, 9.17) is 41.0 Å². The summed E-state index contributed by atoms with van der Waals surface area (Å²) in [5.74, 6) is -1.37. The lowest BCUT2D eigenvalue weighted by molar-refractivity contribution is -0.154. The summed E-state index contributed by atoms with van der Waals surface area (Å²) in [4.78, 5) is 61.3. The van der Waals surface area contributed by atoms with Gasteiger partial charge in [-0.05, 0) is 50.1 Å². The highest BCUT2D eigenvalue weighted by atomic mass is 35.5. The Labute approximate surface area is 337 Å². The molecule has 0 aromatic heterocycles. The summed E-state index contributed by atoms with van der Waals surface area (Å²) in [5, 5.41) is 3.09. The van der Waals surface area contributed by atoms with Gasteiger partial charge in [0.2, 0.25) is 5.91 Å². The number of esters is 1. The molecule has 2 aromatic carbocycles. The summed E-state index contributed by atoms with van der Waals surface area (Å²) in [5.41, 5.74) is 8.46. The van der Waals surface area contributed by atoms with Gasteiger partial charge in [0.05, 0.1) is 48.7 Å². The average Bonchev–Trinajstić information content (AvgIpc) is 3.83. The molecular formula is C42H50ClN5O9. The van der Waals surface area contributed by atoms with Crippen molar-refractivity contribution in [1.29, 1.82) is 0 Å². The quantitative estimate of drug-likeness (QED) is 0.133. The van der Waals surface area contributed by atoms with Crippen LogP contribution in [0.5, 0.6) is 5.75 Å². The Morgan fingerprint density at radius 1 is 1.21 bits per heavy atom. The molecule has 1 unspecified atom stereocenters. The highest BCUT2D eigenvalue weighted by Crippen LogP contribution is 2.46. The summed E-state index contributed by atoms with van der Waals surface area (Å²) in [6.45, 7) is 10.7. The second-order valence-corrected chi connectivity index (χ2v) is 14.8. The summed E-state index contributed by atoms with van der Waals surface area (Å²) in [7, 11) is 6.09. The molecule has 3 aliphatic heterocycles. The van der Waals surface area contributed by atoms with Gasteiger partial charge in [-0.1, -0.05) is 60.7 Å². The minimum atomic E-state index is -1.16. The smallest absolute Gasteiger partial charge is 0.407 e. The van der Waals surface area contributed by atoms with Crippen molar-refractivity contribution in [2.75, 3.05) is 45.5 Å². The van der Waals surface area contributed by atoms with E-state index in [-0.39, 0.29) is 29.1 Å². The van der Waals surface area contributed by atoms with Crippen molar-refractivity contribution < 1.29 is 42.9 Å². The number of halogens is 1. The van der Waals surface area contributed by atoms with Crippen molar-refractivity contribution >= 4 is 64.8 Å². The van der Waals surface area contributed by atoms with E-state index in [1.165, 1.54) is 48.4 Å². The van der Waals surface area contributed by atoms with Crippen molar-refractivity contribution in [3.05, 3.63) is 89.0 Å². The first-order valence-electron chi connectivity index (χ1n) is 18.4. The third kappa shape index (κ3) is 9.75. The maximum absolute atomic E-state index is 14.1. The van der Waals surface area contributed by atoms with Gasteiger partial charge in [0.15, 0.2) is 0 Å². The van der Waals surface area contributed by atoms with E-state index in [0.717, 1.165) is 11.1 Å². The molecule has 4 bridgehead atoms. The summed E-state index contributed by atoms with van der Waals surface area (Å²) in [6.07, 6.45) is 7.66. The lowest BCUT2D eigenvalue weighted by Crippen LogP contribution is -2.51. The predicted octanol–water partition coefficient (Wildman–Crippen LogP) is 5.99. The van der Waals surface area contributed by atoms with E-state index >= 15 is 0 Å². The van der Waals surface area contributed by atoms with Gasteiger partial charge in [-0.25, -0.2) is 4.79 Å². The SMILES string of the molecule is C=CC=Nc1c(C(=O)N(C)CC(=O)O[C@H]2CC(=O)N(C)c3cc(cc(OC)c3Cl)C/C(C)=C/C=C/[C@@H](OC)C3C[C@@H](C[C@@H]4O[C@@]24C)OC(=O)N3)ccc(N)c1C=C. The number of carbonyl (C=O) groups is 4. The molecule has 14 nitrogen and oxygen atoms in total. The predicted molar refractivity (Wildman–Crippen MR) is 219 cm³/mol. The van der Waals surface area contributed by atoms with Crippen molar-refractivity contribution in [2.45, 2.75) is 75.6 Å². The Balaban J connectivity index is 1.46. The number of rotatable bonds is 9. The number of likely N-dealkylation sites (N-methyl/N-ethyl adjacent to an activating group) is 1. The van der Waals surface area contributed by atoms with Gasteiger partial charge >= 0.3 is 12.1 Å². The Morgan fingerprint density at radius 2 is 1.96 bits per heavy atom. The number of nitrogens with one attached hydrogen (secondary N) is 1. The fourth-order valence-corrected chi connectivity index (χ4v) is 7.43. The fourth-order valence-electron chi connectivity index (χ4n) is 7.12. The zero-order chi connectivity index (χ0) is 41.6. The van der Waals surface area contributed by atoms with Gasteiger partial charge in [-0.2, -0.15) is 0 Å². The van der Waals surface area contributed by atoms with Crippen LogP contribution in [-0.2, 0) is 35.0 Å². The fraction of sp³-hybridized carbons (Fsp3) is 0.405. The number of fused-ring (bicyclic) bond motifs is 5. The number of hydrogen-bond donors (Lipinski definition) is 2. The number of hydrogen-bond acceptors (Lipinski definition) is 11. The Kier molecular flexibility index (Phi) is 13.6. The summed E-state index contributed by atoms with van der Waals surface area (Å²) < 4.78 is 29.3. The van der Waals surface area contributed by atoms with Gasteiger partial charge in [0.25, 0.3) is 5.91 Å². The first-order chi connectivity index (χ1) is 27.1. The van der Waals surface area contributed by atoms with E-state index < -0.39 is 66.5 Å². The molecule has 15 heteroatoms. The first kappa shape index (κ1) is 42.7. The minimum absolute atomic E-state index is 0.176. The van der Waals surface area contributed by atoms with Crippen LogP contribution in [0.15, 0.2) is 72.3 Å². The molecule has 0 spiro atoms. The first-order valence-corrected chi connectivity index (χ1v) is 18.8. The molecule has 0 aliphatic carbocycles. The van der Waals surface area contributed by atoms with Gasteiger partial charge in [0, 0.05) is 51.5 Å². The van der Waals surface area contributed by atoms with Crippen LogP contribution in [0.25, 0.3) is 6.08 Å². The Hall–Kier alpha value is -5.44. The number of anilines is 2. The molecule has 3 amide bonds. The molecule has 2 aromatic rings. The molecule has 0 radical (unpaired) electrons. The molecule has 57 heavy (non-hydrogen) atoms. The molecule has 304 valence electrons. The number of aliphatic imine (C=N–C) groups is 1. The van der Waals surface area contributed by atoms with Gasteiger partial charge < -0.3 is 44.5 Å². The van der Waals surface area contributed by atoms with Crippen LogP contribution >= 0.6 is 11.6 Å². The number of benzene rings is 2. The number of carbonyl (C=O) groups excluding carboxylic acids is 4. The zero-order valence-corrected chi connectivity index (χ0v) is 33.8. The highest BCUT2D eigenvalue weighted by molar-refractivity contribution is 6.35. The van der Waals surface area contributed by atoms with Crippen LogP contribution in [0.3, 0.4) is 0 Å². The number of epoxide rings is 1. The lowest BCUT2D eigenvalue weighted by atomic mass is 9.91. The highest BCUT2D eigenvalue weighted by Gasteiger charge is 2.61. The molecular weight excluding hydrogens is 754 g/mol. The number of amides is 3. The Morgan fingerprint density at radius 3 is 2.65 bits per heavy atom. The number of nitrogen functional groups attached to an aromatic ring is 1. The lowest BCUT2D eigenvalue weighted by Gasteiger charge is -2.33. The molecule has 2 fully saturated rings. The van der Waals surface area contributed by atoms with Crippen LogP contribution in [0.1, 0.15) is 54.6 Å². The molecule has 3 N–H and O–H groups in total. The van der Waals surface area contributed by atoms with E-state index in [0.29, 0.717) is 35.5 Å². The standard InChI is InChI=1S/C42H50ClN5O9/c1-9-16-45-39-27(10-2)29(44)15-14-28(39)40(51)47(5)23-37(50)56-34-22-36(49)48(6)31-18-25(19-33(54-8)38(31)43)17-24(3)12-11-13-32(53-7)30-20-26(55-41(52)46-30)21-35-42(34,4)57-35/h9-16,18-19,26,30,32,34-35H,1-2,17,20-23,44H2,3-8H3,(H,46,52)/b13-11+,24-12+,45-16?/t26-,30?,32+,34-,35-,42-/m0/s1. The van der Waals surface area contributed by atoms with Crippen LogP contribution in [0, 0.1) is 0 Å². The van der Waals surface area contributed by atoms with Crippen LogP contribution in [-0.4, -0.2) is 106 Å². The number of ether oxygens (including phenoxy) is 5. The third-order valence-electron chi connectivity index (χ3n) is 10.4. The van der Waals surface area contributed by atoms with E-state index in [2.05, 4.69) is 23.5 Å². The van der Waals surface area contributed by atoms with Gasteiger partial charge in [-0.15, -0.1) is 0 Å². The van der Waals surface area contributed by atoms with Crippen LogP contribution in [0.2, 0.25) is 5.02 Å². The number of alkyl carbamates (subject to hydrolysis) is 1. The average molecular weight is 804 g/mol. The number of allylic oxidation sites excluding steroid dienone is 4. The monoisotopic (exact) mass is 803 g/mol. The van der Waals surface area contributed by atoms with Crippen molar-refractivity contribution in [2.24, 2.45) is 4.99 Å². The minimum Gasteiger partial charge on any atom is -0.495 e. The van der Waals surface area contributed by atoms with Gasteiger partial charge in [-0.3, -0.25) is 19.4 Å². The van der Waals surface area contributed by atoms with Crippen molar-refractivity contribution in [1.82, 2.24) is 10.2 Å². The molecule has 5 rings (SSSR count). The topological polar surface area (TPSA) is 175 Å². The Bertz CT molecular complexity index is 2010.